The smallest absolute Gasteiger partial charge is 0.224 e. The fraction of sp³-hybridized carbons (Fsp3) is 0.167. The molecule has 0 unspecified atom stereocenters. The largest absolute Gasteiger partial charge is 0.384 e. The Labute approximate surface area is 107 Å². The van der Waals surface area contributed by atoms with Crippen molar-refractivity contribution in [3.8, 4) is 0 Å². The first-order valence-electron chi connectivity index (χ1n) is 5.54. The van der Waals surface area contributed by atoms with Crippen LogP contribution in [0.25, 0.3) is 0 Å². The number of benzene rings is 1. The quantitative estimate of drug-likeness (QED) is 0.775. The third kappa shape index (κ3) is 3.27. The van der Waals surface area contributed by atoms with Crippen molar-refractivity contribution in [1.82, 2.24) is 15.5 Å². The second kappa shape index (κ2) is 5.47. The maximum atomic E-state index is 13.0. The van der Waals surface area contributed by atoms with E-state index in [2.05, 4.69) is 15.5 Å². The van der Waals surface area contributed by atoms with Gasteiger partial charge in [0.15, 0.2) is 11.6 Å². The van der Waals surface area contributed by atoms with Crippen LogP contribution in [0.4, 0.5) is 14.6 Å². The van der Waals surface area contributed by atoms with Gasteiger partial charge in [0, 0.05) is 12.1 Å². The third-order valence-corrected chi connectivity index (χ3v) is 2.58. The Morgan fingerprint density at radius 1 is 1.37 bits per heavy atom. The maximum Gasteiger partial charge on any atom is 0.224 e. The number of nitrogens with zero attached hydrogens (tertiary/aromatic N) is 1. The van der Waals surface area contributed by atoms with E-state index in [1.165, 1.54) is 12.3 Å². The van der Waals surface area contributed by atoms with E-state index in [1.807, 2.05) is 0 Å². The van der Waals surface area contributed by atoms with Crippen LogP contribution in [-0.2, 0) is 17.8 Å². The molecule has 0 aliphatic rings. The summed E-state index contributed by atoms with van der Waals surface area (Å²) in [7, 11) is 0. The highest BCUT2D eigenvalue weighted by molar-refractivity contribution is 5.78. The van der Waals surface area contributed by atoms with Crippen molar-refractivity contribution in [2.45, 2.75) is 13.0 Å². The average Bonchev–Trinajstić information content (AvgIpc) is 2.77. The number of rotatable bonds is 4. The van der Waals surface area contributed by atoms with Crippen LogP contribution >= 0.6 is 0 Å². The highest BCUT2D eigenvalue weighted by atomic mass is 19.2. The summed E-state index contributed by atoms with van der Waals surface area (Å²) < 4.78 is 25.7. The van der Waals surface area contributed by atoms with E-state index in [1.54, 1.807) is 0 Å². The third-order valence-electron chi connectivity index (χ3n) is 2.58. The number of amides is 1. The molecule has 0 aliphatic carbocycles. The summed E-state index contributed by atoms with van der Waals surface area (Å²) in [5.74, 6) is -1.83. The number of carbonyl (C=O) groups is 1. The van der Waals surface area contributed by atoms with Gasteiger partial charge in [-0.15, -0.1) is 0 Å². The van der Waals surface area contributed by atoms with Gasteiger partial charge in [0.2, 0.25) is 5.91 Å². The monoisotopic (exact) mass is 266 g/mol. The van der Waals surface area contributed by atoms with Crippen LogP contribution in [-0.4, -0.2) is 16.1 Å². The van der Waals surface area contributed by atoms with Gasteiger partial charge in [0.1, 0.15) is 5.82 Å². The molecule has 0 saturated carbocycles. The van der Waals surface area contributed by atoms with E-state index in [9.17, 15) is 13.6 Å². The van der Waals surface area contributed by atoms with Gasteiger partial charge in [-0.25, -0.2) is 8.78 Å². The Morgan fingerprint density at radius 3 is 2.79 bits per heavy atom. The number of hydrogen-bond acceptors (Lipinski definition) is 3. The van der Waals surface area contributed by atoms with E-state index in [4.69, 9.17) is 5.73 Å². The Balaban J connectivity index is 1.91. The summed E-state index contributed by atoms with van der Waals surface area (Å²) in [6, 6.07) is 3.36. The minimum atomic E-state index is -0.968. The van der Waals surface area contributed by atoms with Crippen LogP contribution in [0.15, 0.2) is 24.4 Å². The van der Waals surface area contributed by atoms with E-state index in [0.29, 0.717) is 16.9 Å². The molecule has 0 aliphatic heterocycles. The average molecular weight is 266 g/mol. The van der Waals surface area contributed by atoms with Gasteiger partial charge in [-0.3, -0.25) is 9.89 Å². The van der Waals surface area contributed by atoms with Crippen molar-refractivity contribution >= 4 is 11.7 Å². The van der Waals surface area contributed by atoms with Crippen molar-refractivity contribution in [3.63, 3.8) is 0 Å². The van der Waals surface area contributed by atoms with E-state index in [-0.39, 0.29) is 18.9 Å². The van der Waals surface area contributed by atoms with Crippen LogP contribution in [0.2, 0.25) is 0 Å². The molecule has 0 atom stereocenters. The lowest BCUT2D eigenvalue weighted by Crippen LogP contribution is -2.24. The molecular formula is C12H12F2N4O. The second-order valence-electron chi connectivity index (χ2n) is 4.01. The molecule has 7 heteroatoms. The standard InChI is InChI=1S/C12H12F2N4O/c13-9-2-1-7(3-10(9)14)4-11(19)16-5-8-6-17-18-12(8)15/h1-3,6H,4-5H2,(H,16,19)(H3,15,17,18). The molecule has 0 radical (unpaired) electrons. The lowest BCUT2D eigenvalue weighted by molar-refractivity contribution is -0.120. The van der Waals surface area contributed by atoms with Crippen molar-refractivity contribution < 1.29 is 13.6 Å². The Morgan fingerprint density at radius 2 is 2.16 bits per heavy atom. The van der Waals surface area contributed by atoms with Crippen molar-refractivity contribution in [2.24, 2.45) is 0 Å². The maximum absolute atomic E-state index is 13.0. The van der Waals surface area contributed by atoms with Crippen LogP contribution in [0.3, 0.4) is 0 Å². The van der Waals surface area contributed by atoms with Crippen molar-refractivity contribution in [1.29, 1.82) is 0 Å². The highest BCUT2D eigenvalue weighted by Gasteiger charge is 2.08. The summed E-state index contributed by atoms with van der Waals surface area (Å²) in [6.45, 7) is 0.227. The molecule has 100 valence electrons. The van der Waals surface area contributed by atoms with E-state index in [0.717, 1.165) is 12.1 Å². The van der Waals surface area contributed by atoms with Crippen LogP contribution in [0, 0.1) is 11.6 Å². The minimum Gasteiger partial charge on any atom is -0.384 e. The first kappa shape index (κ1) is 13.0. The molecule has 5 nitrogen and oxygen atoms in total. The summed E-state index contributed by atoms with van der Waals surface area (Å²) in [5.41, 5.74) is 6.62. The summed E-state index contributed by atoms with van der Waals surface area (Å²) >= 11 is 0. The lowest BCUT2D eigenvalue weighted by Gasteiger charge is -2.05. The molecule has 1 heterocycles. The summed E-state index contributed by atoms with van der Waals surface area (Å²) in [6.07, 6.45) is 1.47. The lowest BCUT2D eigenvalue weighted by atomic mass is 10.1. The Kier molecular flexibility index (Phi) is 3.74. The molecule has 0 bridgehead atoms. The highest BCUT2D eigenvalue weighted by Crippen LogP contribution is 2.09. The zero-order valence-electron chi connectivity index (χ0n) is 9.91. The van der Waals surface area contributed by atoms with Crippen LogP contribution < -0.4 is 11.1 Å². The zero-order valence-corrected chi connectivity index (χ0v) is 9.91. The van der Waals surface area contributed by atoms with Gasteiger partial charge >= 0.3 is 0 Å². The number of nitrogen functional groups attached to an aromatic ring is 1. The predicted molar refractivity (Wildman–Crippen MR) is 64.9 cm³/mol. The molecule has 0 spiro atoms. The molecule has 4 N–H and O–H groups in total. The summed E-state index contributed by atoms with van der Waals surface area (Å²) in [5, 5.41) is 8.87. The van der Waals surface area contributed by atoms with Crippen molar-refractivity contribution in [2.75, 3.05) is 5.73 Å². The summed E-state index contributed by atoms with van der Waals surface area (Å²) in [4.78, 5) is 11.6. The number of nitrogens with two attached hydrogens (primary N) is 1. The zero-order chi connectivity index (χ0) is 13.8. The van der Waals surface area contributed by atoms with Crippen LogP contribution in [0.5, 0.6) is 0 Å². The fourth-order valence-electron chi connectivity index (χ4n) is 1.55. The Hall–Kier alpha value is -2.44. The molecule has 1 amide bonds. The number of carbonyl (C=O) groups excluding carboxylic acids is 1. The number of H-pyrrole nitrogens is 1. The van der Waals surface area contributed by atoms with Crippen molar-refractivity contribution in [3.05, 3.63) is 47.2 Å². The number of nitrogens with one attached hydrogen (secondary N) is 2. The van der Waals surface area contributed by atoms with Gasteiger partial charge in [-0.2, -0.15) is 5.10 Å². The minimum absolute atomic E-state index is 0.0328. The van der Waals surface area contributed by atoms with E-state index < -0.39 is 11.6 Å². The predicted octanol–water partition coefficient (Wildman–Crippen LogP) is 1.13. The van der Waals surface area contributed by atoms with E-state index >= 15 is 0 Å². The number of hydrogen-bond donors (Lipinski definition) is 3. The fourth-order valence-corrected chi connectivity index (χ4v) is 1.55. The first-order chi connectivity index (χ1) is 9.06. The van der Waals surface area contributed by atoms with Gasteiger partial charge in [0.25, 0.3) is 0 Å². The SMILES string of the molecule is Nc1[nH]ncc1CNC(=O)Cc1ccc(F)c(F)c1. The van der Waals surface area contributed by atoms with Gasteiger partial charge in [-0.1, -0.05) is 6.07 Å². The molecule has 1 aromatic carbocycles. The number of anilines is 1. The molecule has 0 fully saturated rings. The second-order valence-corrected chi connectivity index (χ2v) is 4.01. The Bertz CT molecular complexity index is 597. The van der Waals surface area contributed by atoms with Crippen LogP contribution in [0.1, 0.15) is 11.1 Å². The molecule has 1 aromatic heterocycles. The molecule has 19 heavy (non-hydrogen) atoms. The molecule has 2 rings (SSSR count). The number of aromatic nitrogens is 2. The normalized spacial score (nSPS) is 10.4. The number of aromatic amines is 1. The topological polar surface area (TPSA) is 83.8 Å². The molecule has 0 saturated heterocycles. The molecular weight excluding hydrogens is 254 g/mol. The molecule has 2 aromatic rings. The van der Waals surface area contributed by atoms with Gasteiger partial charge < -0.3 is 11.1 Å². The van der Waals surface area contributed by atoms with Gasteiger partial charge in [0.05, 0.1) is 12.6 Å². The van der Waals surface area contributed by atoms with Gasteiger partial charge in [-0.05, 0) is 17.7 Å². The first-order valence-corrected chi connectivity index (χ1v) is 5.54. The number of halogens is 2.